The maximum absolute atomic E-state index is 5.38. The minimum atomic E-state index is 0.555. The van der Waals surface area contributed by atoms with Crippen molar-refractivity contribution in [3.63, 3.8) is 0 Å². The van der Waals surface area contributed by atoms with Gasteiger partial charge in [-0.1, -0.05) is 30.3 Å². The van der Waals surface area contributed by atoms with Crippen molar-refractivity contribution in [2.75, 3.05) is 19.8 Å². The van der Waals surface area contributed by atoms with Gasteiger partial charge in [-0.3, -0.25) is 0 Å². The standard InChI is InChI=1S/C15H23NO/c1-13(11-14-5-3-2-4-6-14)16-9-7-15-8-10-17-12-15/h2-6,13,15-16H,7-12H2,1H3. The zero-order valence-electron chi connectivity index (χ0n) is 10.7. The molecule has 1 aliphatic heterocycles. The van der Waals surface area contributed by atoms with Gasteiger partial charge in [-0.05, 0) is 44.2 Å². The van der Waals surface area contributed by atoms with Crippen LogP contribution in [0.2, 0.25) is 0 Å². The number of benzene rings is 1. The van der Waals surface area contributed by atoms with Crippen LogP contribution >= 0.6 is 0 Å². The summed E-state index contributed by atoms with van der Waals surface area (Å²) in [6.45, 7) is 5.30. The monoisotopic (exact) mass is 233 g/mol. The lowest BCUT2D eigenvalue weighted by Crippen LogP contribution is -2.30. The molecule has 2 rings (SSSR count). The molecule has 1 aliphatic rings. The van der Waals surface area contributed by atoms with E-state index in [0.29, 0.717) is 6.04 Å². The molecule has 0 aliphatic carbocycles. The van der Waals surface area contributed by atoms with Crippen molar-refractivity contribution in [1.29, 1.82) is 0 Å². The highest BCUT2D eigenvalue weighted by Crippen LogP contribution is 2.15. The number of nitrogens with one attached hydrogen (secondary N) is 1. The highest BCUT2D eigenvalue weighted by Gasteiger charge is 2.15. The summed E-state index contributed by atoms with van der Waals surface area (Å²) < 4.78 is 5.38. The first-order valence-corrected chi connectivity index (χ1v) is 6.69. The van der Waals surface area contributed by atoms with Crippen LogP contribution in [0.5, 0.6) is 0 Å². The lowest BCUT2D eigenvalue weighted by Gasteiger charge is -2.15. The lowest BCUT2D eigenvalue weighted by molar-refractivity contribution is 0.184. The van der Waals surface area contributed by atoms with Gasteiger partial charge in [0.2, 0.25) is 0 Å². The Hall–Kier alpha value is -0.860. The average Bonchev–Trinajstić information content (AvgIpc) is 2.83. The van der Waals surface area contributed by atoms with Gasteiger partial charge in [0.05, 0.1) is 0 Å². The molecule has 0 saturated carbocycles. The summed E-state index contributed by atoms with van der Waals surface area (Å²) >= 11 is 0. The van der Waals surface area contributed by atoms with Crippen LogP contribution in [0.1, 0.15) is 25.3 Å². The van der Waals surface area contributed by atoms with Crippen LogP contribution in [-0.2, 0) is 11.2 Å². The van der Waals surface area contributed by atoms with Gasteiger partial charge >= 0.3 is 0 Å². The van der Waals surface area contributed by atoms with Crippen LogP contribution < -0.4 is 5.32 Å². The maximum atomic E-state index is 5.38. The van der Waals surface area contributed by atoms with E-state index >= 15 is 0 Å². The van der Waals surface area contributed by atoms with E-state index in [9.17, 15) is 0 Å². The SMILES string of the molecule is CC(Cc1ccccc1)NCCC1CCOC1. The van der Waals surface area contributed by atoms with E-state index in [4.69, 9.17) is 4.74 Å². The van der Waals surface area contributed by atoms with Crippen LogP contribution in [-0.4, -0.2) is 25.8 Å². The Morgan fingerprint density at radius 1 is 1.35 bits per heavy atom. The Morgan fingerprint density at radius 3 is 2.88 bits per heavy atom. The van der Waals surface area contributed by atoms with Crippen LogP contribution in [0.3, 0.4) is 0 Å². The van der Waals surface area contributed by atoms with Gasteiger partial charge in [-0.25, -0.2) is 0 Å². The van der Waals surface area contributed by atoms with Crippen molar-refractivity contribution in [3.8, 4) is 0 Å². The molecule has 1 aromatic rings. The minimum absolute atomic E-state index is 0.555. The summed E-state index contributed by atoms with van der Waals surface area (Å²) in [5.41, 5.74) is 1.41. The van der Waals surface area contributed by atoms with E-state index in [2.05, 4.69) is 42.6 Å². The molecule has 1 heterocycles. The lowest BCUT2D eigenvalue weighted by atomic mass is 10.0. The third-order valence-electron chi connectivity index (χ3n) is 3.45. The Morgan fingerprint density at radius 2 is 2.18 bits per heavy atom. The Bertz CT molecular complexity index is 306. The third-order valence-corrected chi connectivity index (χ3v) is 3.45. The van der Waals surface area contributed by atoms with Crippen molar-refractivity contribution in [1.82, 2.24) is 5.32 Å². The molecular formula is C15H23NO. The summed E-state index contributed by atoms with van der Waals surface area (Å²) in [4.78, 5) is 0. The largest absolute Gasteiger partial charge is 0.381 e. The smallest absolute Gasteiger partial charge is 0.0495 e. The normalized spacial score (nSPS) is 21.6. The predicted molar refractivity (Wildman–Crippen MR) is 71.2 cm³/mol. The highest BCUT2D eigenvalue weighted by atomic mass is 16.5. The van der Waals surface area contributed by atoms with E-state index < -0.39 is 0 Å². The average molecular weight is 233 g/mol. The Labute approximate surface area is 104 Å². The van der Waals surface area contributed by atoms with E-state index in [0.717, 1.165) is 32.1 Å². The molecule has 1 saturated heterocycles. The second-order valence-corrected chi connectivity index (χ2v) is 5.06. The molecule has 2 heteroatoms. The molecule has 2 unspecified atom stereocenters. The van der Waals surface area contributed by atoms with Gasteiger partial charge in [0.1, 0.15) is 0 Å². The number of hydrogen-bond acceptors (Lipinski definition) is 2. The second-order valence-electron chi connectivity index (χ2n) is 5.06. The van der Waals surface area contributed by atoms with Gasteiger partial charge in [0.15, 0.2) is 0 Å². The topological polar surface area (TPSA) is 21.3 Å². The molecule has 1 N–H and O–H groups in total. The molecule has 0 aromatic heterocycles. The van der Waals surface area contributed by atoms with Crippen LogP contribution in [0, 0.1) is 5.92 Å². The van der Waals surface area contributed by atoms with E-state index in [1.54, 1.807) is 0 Å². The maximum Gasteiger partial charge on any atom is 0.0495 e. The first-order valence-electron chi connectivity index (χ1n) is 6.69. The molecule has 1 aromatic carbocycles. The van der Waals surface area contributed by atoms with Crippen molar-refractivity contribution in [2.24, 2.45) is 5.92 Å². The van der Waals surface area contributed by atoms with Gasteiger partial charge in [-0.2, -0.15) is 0 Å². The van der Waals surface area contributed by atoms with Crippen LogP contribution in [0.25, 0.3) is 0 Å². The van der Waals surface area contributed by atoms with Gasteiger partial charge in [0.25, 0.3) is 0 Å². The molecule has 1 fully saturated rings. The van der Waals surface area contributed by atoms with Gasteiger partial charge in [-0.15, -0.1) is 0 Å². The molecule has 0 radical (unpaired) electrons. The summed E-state index contributed by atoms with van der Waals surface area (Å²) in [5, 5.41) is 3.60. The Balaban J connectivity index is 1.62. The van der Waals surface area contributed by atoms with Crippen molar-refractivity contribution in [2.45, 2.75) is 32.2 Å². The molecule has 2 nitrogen and oxygen atoms in total. The molecular weight excluding hydrogens is 210 g/mol. The summed E-state index contributed by atoms with van der Waals surface area (Å²) in [5.74, 6) is 0.784. The number of rotatable bonds is 6. The first kappa shape index (κ1) is 12.6. The highest BCUT2D eigenvalue weighted by molar-refractivity contribution is 5.15. The summed E-state index contributed by atoms with van der Waals surface area (Å²) in [7, 11) is 0. The van der Waals surface area contributed by atoms with E-state index in [1.807, 2.05) is 0 Å². The first-order chi connectivity index (χ1) is 8.34. The molecule has 17 heavy (non-hydrogen) atoms. The Kier molecular flexibility index (Phi) is 5.02. The van der Waals surface area contributed by atoms with Crippen molar-refractivity contribution in [3.05, 3.63) is 35.9 Å². The quantitative estimate of drug-likeness (QED) is 0.815. The van der Waals surface area contributed by atoms with Crippen molar-refractivity contribution >= 4 is 0 Å². The second kappa shape index (κ2) is 6.77. The minimum Gasteiger partial charge on any atom is -0.381 e. The van der Waals surface area contributed by atoms with E-state index in [-0.39, 0.29) is 0 Å². The zero-order valence-corrected chi connectivity index (χ0v) is 10.7. The molecule has 0 amide bonds. The molecule has 0 bridgehead atoms. The predicted octanol–water partition coefficient (Wildman–Crippen LogP) is 2.63. The fourth-order valence-electron chi connectivity index (χ4n) is 2.38. The summed E-state index contributed by atoms with van der Waals surface area (Å²) in [6.07, 6.45) is 3.61. The van der Waals surface area contributed by atoms with Crippen LogP contribution in [0.15, 0.2) is 30.3 Å². The fourth-order valence-corrected chi connectivity index (χ4v) is 2.38. The number of hydrogen-bond donors (Lipinski definition) is 1. The zero-order chi connectivity index (χ0) is 11.9. The van der Waals surface area contributed by atoms with Crippen LogP contribution in [0.4, 0.5) is 0 Å². The molecule has 94 valence electrons. The summed E-state index contributed by atoms with van der Waals surface area (Å²) in [6, 6.07) is 11.2. The number of ether oxygens (including phenoxy) is 1. The molecule has 2 atom stereocenters. The van der Waals surface area contributed by atoms with Gasteiger partial charge < -0.3 is 10.1 Å². The molecule has 0 spiro atoms. The fraction of sp³-hybridized carbons (Fsp3) is 0.600. The van der Waals surface area contributed by atoms with Crippen molar-refractivity contribution < 1.29 is 4.74 Å². The van der Waals surface area contributed by atoms with Gasteiger partial charge in [0, 0.05) is 19.3 Å². The third kappa shape index (κ3) is 4.49. The van der Waals surface area contributed by atoms with E-state index in [1.165, 1.54) is 18.4 Å².